The third-order valence-corrected chi connectivity index (χ3v) is 5.56. The van der Waals surface area contributed by atoms with E-state index in [0.29, 0.717) is 5.56 Å². The van der Waals surface area contributed by atoms with E-state index in [1.807, 2.05) is 0 Å². The number of rotatable bonds is 7. The van der Waals surface area contributed by atoms with Crippen molar-refractivity contribution in [1.29, 1.82) is 0 Å². The highest BCUT2D eigenvalue weighted by atomic mass is 32.2. The number of non-ortho nitro benzene ring substituents is 2. The van der Waals surface area contributed by atoms with Crippen LogP contribution in [0.3, 0.4) is 0 Å². The molecule has 0 spiro atoms. The third kappa shape index (κ3) is 5.05. The highest BCUT2D eigenvalue weighted by molar-refractivity contribution is 7.87. The lowest BCUT2D eigenvalue weighted by Gasteiger charge is -2.10. The molecule has 0 unspecified atom stereocenters. The average molecular weight is 457 g/mol. The summed E-state index contributed by atoms with van der Waals surface area (Å²) in [6.07, 6.45) is 0. The minimum absolute atomic E-state index is 0.111. The zero-order valence-electron chi connectivity index (χ0n) is 16.4. The topological polar surface area (TPSA) is 159 Å². The van der Waals surface area contributed by atoms with Crippen molar-refractivity contribution in [2.24, 2.45) is 0 Å². The summed E-state index contributed by atoms with van der Waals surface area (Å²) < 4.78 is 29.7. The van der Waals surface area contributed by atoms with Gasteiger partial charge in [0.2, 0.25) is 0 Å². The first-order chi connectivity index (χ1) is 15.1. The molecular formula is C20H15N3O8S. The number of carbonyl (C=O) groups excluding carboxylic acids is 1. The lowest BCUT2D eigenvalue weighted by Crippen LogP contribution is -2.13. The SMILES string of the molecule is Cc1ccc([N+](=O)[O-])cc1NC(=O)c1ccc(OS(=O)(=O)c2cccc([N+](=O)[O-])c2)cc1. The van der Waals surface area contributed by atoms with Crippen LogP contribution in [-0.4, -0.2) is 24.2 Å². The Balaban J connectivity index is 1.76. The van der Waals surface area contributed by atoms with Crippen LogP contribution in [0.15, 0.2) is 71.6 Å². The van der Waals surface area contributed by atoms with Crippen LogP contribution in [0.25, 0.3) is 0 Å². The van der Waals surface area contributed by atoms with E-state index < -0.39 is 36.5 Å². The number of nitro groups is 2. The normalized spacial score (nSPS) is 10.9. The van der Waals surface area contributed by atoms with Gasteiger partial charge in [0.25, 0.3) is 17.3 Å². The fraction of sp³-hybridized carbons (Fsp3) is 0.0500. The minimum atomic E-state index is -4.34. The summed E-state index contributed by atoms with van der Waals surface area (Å²) in [7, 11) is -4.34. The fourth-order valence-corrected chi connectivity index (χ4v) is 3.61. The van der Waals surface area contributed by atoms with Gasteiger partial charge in [0, 0.05) is 29.8 Å². The molecule has 0 fully saturated rings. The van der Waals surface area contributed by atoms with Gasteiger partial charge in [-0.2, -0.15) is 8.42 Å². The third-order valence-electron chi connectivity index (χ3n) is 4.32. The maximum atomic E-state index is 12.5. The predicted molar refractivity (Wildman–Crippen MR) is 113 cm³/mol. The molecule has 12 heteroatoms. The first-order valence-electron chi connectivity index (χ1n) is 8.92. The standard InChI is InChI=1S/C20H15N3O8S/c1-13-5-8-16(23(27)28)12-19(13)21-20(24)14-6-9-17(10-7-14)31-32(29,30)18-4-2-3-15(11-18)22(25)26/h2-12H,1H3,(H,21,24). The minimum Gasteiger partial charge on any atom is -0.379 e. The number of nitro benzene ring substituents is 2. The van der Waals surface area contributed by atoms with Crippen LogP contribution >= 0.6 is 0 Å². The molecule has 0 aliphatic heterocycles. The van der Waals surface area contributed by atoms with Crippen LogP contribution in [0.1, 0.15) is 15.9 Å². The summed E-state index contributed by atoms with van der Waals surface area (Å²) in [5, 5.41) is 24.3. The van der Waals surface area contributed by atoms with Gasteiger partial charge in [-0.3, -0.25) is 25.0 Å². The summed E-state index contributed by atoms with van der Waals surface area (Å²) in [6.45, 7) is 1.68. The molecule has 0 saturated heterocycles. The van der Waals surface area contributed by atoms with E-state index in [4.69, 9.17) is 4.18 Å². The van der Waals surface area contributed by atoms with E-state index in [1.54, 1.807) is 6.92 Å². The Morgan fingerprint density at radius 1 is 0.906 bits per heavy atom. The number of amides is 1. The molecule has 0 atom stereocenters. The fourth-order valence-electron chi connectivity index (χ4n) is 2.64. The van der Waals surface area contributed by atoms with Crippen molar-refractivity contribution < 1.29 is 27.2 Å². The summed E-state index contributed by atoms with van der Waals surface area (Å²) in [5.41, 5.74) is 0.444. The molecule has 0 saturated carbocycles. The Hall–Kier alpha value is -4.32. The number of aryl methyl sites for hydroxylation is 1. The van der Waals surface area contributed by atoms with Crippen LogP contribution in [-0.2, 0) is 10.1 Å². The summed E-state index contributed by atoms with van der Waals surface area (Å²) >= 11 is 0. The highest BCUT2D eigenvalue weighted by Crippen LogP contribution is 2.24. The van der Waals surface area contributed by atoms with Gasteiger partial charge in [-0.05, 0) is 42.8 Å². The molecule has 0 heterocycles. The first kappa shape index (κ1) is 22.4. The molecule has 0 aromatic heterocycles. The van der Waals surface area contributed by atoms with Crippen molar-refractivity contribution in [2.75, 3.05) is 5.32 Å². The second-order valence-corrected chi connectivity index (χ2v) is 8.07. The quantitative estimate of drug-likeness (QED) is 0.318. The van der Waals surface area contributed by atoms with Crippen LogP contribution < -0.4 is 9.50 Å². The zero-order chi connectivity index (χ0) is 23.5. The van der Waals surface area contributed by atoms with Crippen molar-refractivity contribution in [3.63, 3.8) is 0 Å². The second-order valence-electron chi connectivity index (χ2n) is 6.53. The Morgan fingerprint density at radius 2 is 1.53 bits per heavy atom. The molecule has 1 amide bonds. The van der Waals surface area contributed by atoms with Crippen molar-refractivity contribution in [2.45, 2.75) is 11.8 Å². The van der Waals surface area contributed by atoms with E-state index in [-0.39, 0.29) is 22.7 Å². The van der Waals surface area contributed by atoms with Crippen LogP contribution in [0.2, 0.25) is 0 Å². The maximum Gasteiger partial charge on any atom is 0.339 e. The van der Waals surface area contributed by atoms with Gasteiger partial charge in [-0.1, -0.05) is 12.1 Å². The molecule has 0 aliphatic carbocycles. The highest BCUT2D eigenvalue weighted by Gasteiger charge is 2.20. The summed E-state index contributed by atoms with van der Waals surface area (Å²) in [4.78, 5) is 32.5. The van der Waals surface area contributed by atoms with Crippen LogP contribution in [0.4, 0.5) is 17.1 Å². The second kappa shape index (κ2) is 8.81. The molecule has 32 heavy (non-hydrogen) atoms. The molecule has 0 bridgehead atoms. The van der Waals surface area contributed by atoms with Gasteiger partial charge < -0.3 is 9.50 Å². The van der Waals surface area contributed by atoms with E-state index in [1.165, 1.54) is 48.5 Å². The Morgan fingerprint density at radius 3 is 2.16 bits per heavy atom. The zero-order valence-corrected chi connectivity index (χ0v) is 17.2. The summed E-state index contributed by atoms with van der Waals surface area (Å²) in [6, 6.07) is 13.5. The first-order valence-corrected chi connectivity index (χ1v) is 10.3. The maximum absolute atomic E-state index is 12.5. The van der Waals surface area contributed by atoms with Crippen molar-refractivity contribution in [1.82, 2.24) is 0 Å². The smallest absolute Gasteiger partial charge is 0.339 e. The number of benzene rings is 3. The van der Waals surface area contributed by atoms with E-state index in [0.717, 1.165) is 18.2 Å². The van der Waals surface area contributed by atoms with Crippen molar-refractivity contribution >= 4 is 33.1 Å². The number of nitrogens with one attached hydrogen (secondary N) is 1. The molecule has 164 valence electrons. The van der Waals surface area contributed by atoms with Crippen molar-refractivity contribution in [3.05, 3.63) is 98.1 Å². The Bertz CT molecular complexity index is 1320. The Labute approximate surface area is 181 Å². The van der Waals surface area contributed by atoms with Gasteiger partial charge in [0.15, 0.2) is 0 Å². The van der Waals surface area contributed by atoms with Gasteiger partial charge in [-0.15, -0.1) is 0 Å². The van der Waals surface area contributed by atoms with Crippen LogP contribution in [0.5, 0.6) is 5.75 Å². The molecule has 0 aliphatic rings. The van der Waals surface area contributed by atoms with Gasteiger partial charge >= 0.3 is 10.1 Å². The lowest BCUT2D eigenvalue weighted by atomic mass is 10.1. The Kier molecular flexibility index (Phi) is 6.16. The largest absolute Gasteiger partial charge is 0.379 e. The van der Waals surface area contributed by atoms with E-state index in [2.05, 4.69) is 5.32 Å². The molecule has 3 aromatic carbocycles. The van der Waals surface area contributed by atoms with E-state index in [9.17, 15) is 33.4 Å². The molecular weight excluding hydrogens is 442 g/mol. The van der Waals surface area contributed by atoms with Gasteiger partial charge in [0.1, 0.15) is 10.6 Å². The molecule has 1 N–H and O–H groups in total. The van der Waals surface area contributed by atoms with Crippen LogP contribution in [0, 0.1) is 27.2 Å². The molecule has 3 aromatic rings. The average Bonchev–Trinajstić information content (AvgIpc) is 2.75. The number of anilines is 1. The lowest BCUT2D eigenvalue weighted by molar-refractivity contribution is -0.385. The van der Waals surface area contributed by atoms with Crippen molar-refractivity contribution in [3.8, 4) is 5.75 Å². The molecule has 0 radical (unpaired) electrons. The number of carbonyl (C=O) groups is 1. The molecule has 3 rings (SSSR count). The number of nitrogens with zero attached hydrogens (tertiary/aromatic N) is 2. The monoisotopic (exact) mass is 457 g/mol. The predicted octanol–water partition coefficient (Wildman–Crippen LogP) is 3.83. The number of hydrogen-bond donors (Lipinski definition) is 1. The van der Waals surface area contributed by atoms with Gasteiger partial charge in [0.05, 0.1) is 15.5 Å². The molecule has 11 nitrogen and oxygen atoms in total. The van der Waals surface area contributed by atoms with E-state index >= 15 is 0 Å². The number of hydrogen-bond acceptors (Lipinski definition) is 8. The van der Waals surface area contributed by atoms with Gasteiger partial charge in [-0.25, -0.2) is 0 Å². The summed E-state index contributed by atoms with van der Waals surface area (Å²) in [5.74, 6) is -0.679.